The SMILES string of the molecule is COc1cc(OC)c(OC)cc1CNc1nc(C(C)C)no1. The van der Waals surface area contributed by atoms with Crippen LogP contribution in [0.15, 0.2) is 16.7 Å². The first kappa shape index (κ1) is 15.9. The van der Waals surface area contributed by atoms with Crippen LogP contribution in [-0.4, -0.2) is 31.5 Å². The molecule has 0 unspecified atom stereocenters. The number of nitrogens with one attached hydrogen (secondary N) is 1. The standard InChI is InChI=1S/C15H21N3O4/c1-9(2)14-17-15(22-18-14)16-8-10-6-12(20-4)13(21-5)7-11(10)19-3/h6-7,9H,8H2,1-5H3,(H,16,17,18). The zero-order valence-corrected chi connectivity index (χ0v) is 13.5. The summed E-state index contributed by atoms with van der Waals surface area (Å²) in [7, 11) is 4.78. The van der Waals surface area contributed by atoms with Gasteiger partial charge in [-0.15, -0.1) is 0 Å². The molecule has 0 amide bonds. The van der Waals surface area contributed by atoms with Crippen molar-refractivity contribution in [2.75, 3.05) is 26.6 Å². The summed E-state index contributed by atoms with van der Waals surface area (Å²) in [4.78, 5) is 4.27. The van der Waals surface area contributed by atoms with Gasteiger partial charge in [0.05, 0.1) is 21.3 Å². The summed E-state index contributed by atoms with van der Waals surface area (Å²) in [6, 6.07) is 4.01. The van der Waals surface area contributed by atoms with Gasteiger partial charge in [-0.25, -0.2) is 0 Å². The third-order valence-corrected chi connectivity index (χ3v) is 3.17. The van der Waals surface area contributed by atoms with Crippen LogP contribution in [0.4, 0.5) is 6.01 Å². The Bertz CT molecular complexity index is 625. The van der Waals surface area contributed by atoms with E-state index in [2.05, 4.69) is 15.5 Å². The Kier molecular flexibility index (Phi) is 5.08. The van der Waals surface area contributed by atoms with E-state index in [4.69, 9.17) is 18.7 Å². The second-order valence-corrected chi connectivity index (χ2v) is 4.99. The lowest BCUT2D eigenvalue weighted by Gasteiger charge is -2.14. The van der Waals surface area contributed by atoms with E-state index in [0.717, 1.165) is 5.56 Å². The number of anilines is 1. The molecule has 0 aliphatic carbocycles. The molecule has 1 aromatic heterocycles. The third-order valence-electron chi connectivity index (χ3n) is 3.17. The Morgan fingerprint density at radius 1 is 1.05 bits per heavy atom. The van der Waals surface area contributed by atoms with Gasteiger partial charge < -0.3 is 24.1 Å². The Morgan fingerprint density at radius 3 is 2.23 bits per heavy atom. The van der Waals surface area contributed by atoms with Crippen molar-refractivity contribution in [3.63, 3.8) is 0 Å². The number of methoxy groups -OCH3 is 3. The van der Waals surface area contributed by atoms with Crippen LogP contribution in [0.1, 0.15) is 31.2 Å². The van der Waals surface area contributed by atoms with Crippen LogP contribution in [0.2, 0.25) is 0 Å². The van der Waals surface area contributed by atoms with E-state index in [9.17, 15) is 0 Å². The normalized spacial score (nSPS) is 10.6. The maximum atomic E-state index is 5.38. The summed E-state index contributed by atoms with van der Waals surface area (Å²) in [6.07, 6.45) is 0. The van der Waals surface area contributed by atoms with Crippen molar-refractivity contribution < 1.29 is 18.7 Å². The van der Waals surface area contributed by atoms with Crippen molar-refractivity contribution >= 4 is 6.01 Å². The van der Waals surface area contributed by atoms with Gasteiger partial charge in [-0.1, -0.05) is 19.0 Å². The van der Waals surface area contributed by atoms with E-state index in [1.54, 1.807) is 27.4 Å². The molecule has 0 saturated carbocycles. The van der Waals surface area contributed by atoms with Gasteiger partial charge in [-0.2, -0.15) is 4.98 Å². The van der Waals surface area contributed by atoms with Crippen molar-refractivity contribution in [3.05, 3.63) is 23.5 Å². The molecule has 0 spiro atoms. The minimum absolute atomic E-state index is 0.218. The highest BCUT2D eigenvalue weighted by molar-refractivity contribution is 5.51. The lowest BCUT2D eigenvalue weighted by Crippen LogP contribution is -2.04. The molecule has 0 fully saturated rings. The number of benzene rings is 1. The van der Waals surface area contributed by atoms with E-state index in [1.807, 2.05) is 19.9 Å². The van der Waals surface area contributed by atoms with Gasteiger partial charge in [0.15, 0.2) is 17.3 Å². The van der Waals surface area contributed by atoms with Gasteiger partial charge in [0, 0.05) is 24.1 Å². The van der Waals surface area contributed by atoms with Crippen LogP contribution in [0.3, 0.4) is 0 Å². The van der Waals surface area contributed by atoms with E-state index in [1.165, 1.54) is 0 Å². The quantitative estimate of drug-likeness (QED) is 0.842. The average molecular weight is 307 g/mol. The fraction of sp³-hybridized carbons (Fsp3) is 0.467. The number of rotatable bonds is 7. The molecule has 7 heteroatoms. The average Bonchev–Trinajstić information content (AvgIpc) is 3.01. The van der Waals surface area contributed by atoms with Gasteiger partial charge in [0.2, 0.25) is 0 Å². The lowest BCUT2D eigenvalue weighted by atomic mass is 10.1. The Hall–Kier alpha value is -2.44. The summed E-state index contributed by atoms with van der Waals surface area (Å²) in [5.74, 6) is 2.82. The van der Waals surface area contributed by atoms with Crippen LogP contribution in [0.5, 0.6) is 17.2 Å². The van der Waals surface area contributed by atoms with Gasteiger partial charge in [0.1, 0.15) is 5.75 Å². The third kappa shape index (κ3) is 3.41. The molecule has 0 saturated heterocycles. The molecular formula is C15H21N3O4. The van der Waals surface area contributed by atoms with Crippen molar-refractivity contribution in [3.8, 4) is 17.2 Å². The molecule has 2 rings (SSSR count). The first-order valence-electron chi connectivity index (χ1n) is 6.95. The first-order valence-corrected chi connectivity index (χ1v) is 6.95. The molecule has 2 aromatic rings. The van der Waals surface area contributed by atoms with Gasteiger partial charge >= 0.3 is 6.01 Å². The molecule has 22 heavy (non-hydrogen) atoms. The van der Waals surface area contributed by atoms with E-state index in [0.29, 0.717) is 35.6 Å². The molecule has 0 radical (unpaired) electrons. The van der Waals surface area contributed by atoms with E-state index in [-0.39, 0.29) is 5.92 Å². The lowest BCUT2D eigenvalue weighted by molar-refractivity contribution is 0.347. The summed E-state index contributed by atoms with van der Waals surface area (Å²) in [5, 5.41) is 6.99. The largest absolute Gasteiger partial charge is 0.496 e. The van der Waals surface area contributed by atoms with Gasteiger partial charge in [-0.3, -0.25) is 0 Å². The number of nitrogens with zero attached hydrogens (tertiary/aromatic N) is 2. The highest BCUT2D eigenvalue weighted by atomic mass is 16.5. The Labute approximate surface area is 129 Å². The summed E-state index contributed by atoms with van der Waals surface area (Å²) >= 11 is 0. The van der Waals surface area contributed by atoms with E-state index >= 15 is 0 Å². The fourth-order valence-electron chi connectivity index (χ4n) is 1.94. The smallest absolute Gasteiger partial charge is 0.321 e. The summed E-state index contributed by atoms with van der Waals surface area (Å²) < 4.78 is 21.1. The zero-order chi connectivity index (χ0) is 16.1. The maximum absolute atomic E-state index is 5.38. The molecule has 7 nitrogen and oxygen atoms in total. The monoisotopic (exact) mass is 307 g/mol. The Balaban J connectivity index is 2.17. The topological polar surface area (TPSA) is 78.6 Å². The van der Waals surface area contributed by atoms with Gasteiger partial charge in [0.25, 0.3) is 0 Å². The van der Waals surface area contributed by atoms with E-state index < -0.39 is 0 Å². The van der Waals surface area contributed by atoms with Crippen molar-refractivity contribution in [2.45, 2.75) is 26.3 Å². The van der Waals surface area contributed by atoms with Crippen LogP contribution < -0.4 is 19.5 Å². The summed E-state index contributed by atoms with van der Waals surface area (Å²) in [6.45, 7) is 4.47. The molecular weight excluding hydrogens is 286 g/mol. The van der Waals surface area contributed by atoms with Crippen LogP contribution in [0.25, 0.3) is 0 Å². The second kappa shape index (κ2) is 7.02. The minimum atomic E-state index is 0.218. The molecule has 1 heterocycles. The zero-order valence-electron chi connectivity index (χ0n) is 13.5. The molecule has 1 aromatic carbocycles. The predicted molar refractivity (Wildman–Crippen MR) is 81.8 cm³/mol. The highest BCUT2D eigenvalue weighted by Crippen LogP contribution is 2.34. The van der Waals surface area contributed by atoms with Crippen molar-refractivity contribution in [1.29, 1.82) is 0 Å². The second-order valence-electron chi connectivity index (χ2n) is 4.99. The highest BCUT2D eigenvalue weighted by Gasteiger charge is 2.13. The van der Waals surface area contributed by atoms with Crippen LogP contribution in [-0.2, 0) is 6.54 Å². The molecule has 0 aliphatic heterocycles. The van der Waals surface area contributed by atoms with Crippen LogP contribution in [0, 0.1) is 0 Å². The van der Waals surface area contributed by atoms with Crippen molar-refractivity contribution in [1.82, 2.24) is 10.1 Å². The molecule has 0 atom stereocenters. The molecule has 0 bridgehead atoms. The fourth-order valence-corrected chi connectivity index (χ4v) is 1.94. The molecule has 1 N–H and O–H groups in total. The number of hydrogen-bond acceptors (Lipinski definition) is 7. The van der Waals surface area contributed by atoms with Crippen LogP contribution >= 0.6 is 0 Å². The molecule has 120 valence electrons. The number of ether oxygens (including phenoxy) is 3. The first-order chi connectivity index (χ1) is 10.6. The van der Waals surface area contributed by atoms with Crippen molar-refractivity contribution in [2.24, 2.45) is 0 Å². The maximum Gasteiger partial charge on any atom is 0.321 e. The number of hydrogen-bond donors (Lipinski definition) is 1. The minimum Gasteiger partial charge on any atom is -0.496 e. The Morgan fingerprint density at radius 2 is 1.68 bits per heavy atom. The molecule has 0 aliphatic rings. The predicted octanol–water partition coefficient (Wildman–Crippen LogP) is 2.83. The number of aromatic nitrogens is 2. The summed E-state index contributed by atoms with van der Waals surface area (Å²) in [5.41, 5.74) is 0.893. The van der Waals surface area contributed by atoms with Gasteiger partial charge in [-0.05, 0) is 6.07 Å².